The summed E-state index contributed by atoms with van der Waals surface area (Å²) in [6.07, 6.45) is 2.67. The summed E-state index contributed by atoms with van der Waals surface area (Å²) < 4.78 is 8.21. The lowest BCUT2D eigenvalue weighted by atomic mass is 10.1. The maximum atomic E-state index is 12.2. The number of imidazole rings is 1. The van der Waals surface area contributed by atoms with Crippen molar-refractivity contribution in [1.82, 2.24) is 14.9 Å². The van der Waals surface area contributed by atoms with Crippen molar-refractivity contribution in [2.75, 3.05) is 13.2 Å². The molecule has 5 nitrogen and oxygen atoms in total. The van der Waals surface area contributed by atoms with E-state index in [0.29, 0.717) is 19.6 Å². The summed E-state index contributed by atoms with van der Waals surface area (Å²) >= 11 is 1.45. The summed E-state index contributed by atoms with van der Waals surface area (Å²) in [6, 6.07) is 18.2. The Labute approximate surface area is 193 Å². The van der Waals surface area contributed by atoms with Crippen molar-refractivity contribution in [3.8, 4) is 5.75 Å². The third kappa shape index (κ3) is 5.37. The fraction of sp³-hybridized carbons (Fsp3) is 0.308. The number of amides is 1. The Hall–Kier alpha value is -3.12. The summed E-state index contributed by atoms with van der Waals surface area (Å²) in [4.78, 5) is 17.8. The molecule has 0 spiro atoms. The van der Waals surface area contributed by atoms with Crippen LogP contribution in [0.15, 0.2) is 60.0 Å². The monoisotopic (exact) mass is 447 g/mol. The molecule has 2 aromatic heterocycles. The maximum absolute atomic E-state index is 12.2. The zero-order valence-corrected chi connectivity index (χ0v) is 19.5. The van der Waals surface area contributed by atoms with Gasteiger partial charge in [-0.2, -0.15) is 0 Å². The molecular weight excluding hydrogens is 418 g/mol. The topological polar surface area (TPSA) is 56.1 Å². The Morgan fingerprint density at radius 2 is 1.94 bits per heavy atom. The van der Waals surface area contributed by atoms with Gasteiger partial charge in [-0.25, -0.2) is 4.98 Å². The van der Waals surface area contributed by atoms with E-state index in [4.69, 9.17) is 9.72 Å². The molecule has 0 radical (unpaired) electrons. The van der Waals surface area contributed by atoms with Gasteiger partial charge in [0.15, 0.2) is 0 Å². The smallest absolute Gasteiger partial charge is 0.261 e. The third-order valence-electron chi connectivity index (χ3n) is 5.64. The summed E-state index contributed by atoms with van der Waals surface area (Å²) in [7, 11) is 0. The number of carbonyl (C=O) groups excluding carboxylic acids is 1. The van der Waals surface area contributed by atoms with Crippen molar-refractivity contribution in [2.24, 2.45) is 0 Å². The van der Waals surface area contributed by atoms with E-state index in [9.17, 15) is 4.79 Å². The zero-order chi connectivity index (χ0) is 22.3. The van der Waals surface area contributed by atoms with Crippen LogP contribution in [0.4, 0.5) is 0 Å². The summed E-state index contributed by atoms with van der Waals surface area (Å²) in [6.45, 7) is 6.36. The van der Waals surface area contributed by atoms with E-state index in [1.54, 1.807) is 0 Å². The van der Waals surface area contributed by atoms with Crippen LogP contribution in [-0.4, -0.2) is 28.6 Å². The van der Waals surface area contributed by atoms with Crippen LogP contribution in [-0.2, 0) is 13.0 Å². The van der Waals surface area contributed by atoms with E-state index >= 15 is 0 Å². The molecule has 6 heteroatoms. The highest BCUT2D eigenvalue weighted by Crippen LogP contribution is 2.19. The van der Waals surface area contributed by atoms with Gasteiger partial charge in [-0.3, -0.25) is 4.79 Å². The molecule has 0 saturated heterocycles. The van der Waals surface area contributed by atoms with Gasteiger partial charge in [-0.15, -0.1) is 11.3 Å². The van der Waals surface area contributed by atoms with E-state index in [1.807, 2.05) is 41.8 Å². The Morgan fingerprint density at radius 1 is 1.06 bits per heavy atom. The minimum atomic E-state index is -0.0221. The lowest BCUT2D eigenvalue weighted by molar-refractivity contribution is 0.0958. The number of hydrogen-bond donors (Lipinski definition) is 1. The molecule has 0 unspecified atom stereocenters. The largest absolute Gasteiger partial charge is 0.494 e. The van der Waals surface area contributed by atoms with Crippen LogP contribution >= 0.6 is 11.3 Å². The molecular formula is C26H29N3O2S. The predicted octanol–water partition coefficient (Wildman–Crippen LogP) is 5.55. The average molecular weight is 448 g/mol. The highest BCUT2D eigenvalue weighted by atomic mass is 32.1. The van der Waals surface area contributed by atoms with Gasteiger partial charge < -0.3 is 14.6 Å². The number of para-hydroxylation sites is 2. The quantitative estimate of drug-likeness (QED) is 0.325. The van der Waals surface area contributed by atoms with Crippen molar-refractivity contribution in [3.05, 3.63) is 81.8 Å². The van der Waals surface area contributed by atoms with Crippen LogP contribution in [0.2, 0.25) is 0 Å². The van der Waals surface area contributed by atoms with Gasteiger partial charge in [0.25, 0.3) is 5.91 Å². The maximum Gasteiger partial charge on any atom is 0.261 e. The molecule has 0 atom stereocenters. The van der Waals surface area contributed by atoms with Gasteiger partial charge in [-0.05, 0) is 73.5 Å². The Balaban J connectivity index is 1.32. The number of unbranched alkanes of at least 4 members (excludes halogenated alkanes) is 1. The number of hydrogen-bond acceptors (Lipinski definition) is 4. The number of fused-ring (bicyclic) bond motifs is 1. The Bertz CT molecular complexity index is 1180. The molecule has 4 rings (SSSR count). The Kier molecular flexibility index (Phi) is 7.22. The minimum absolute atomic E-state index is 0.0221. The van der Waals surface area contributed by atoms with Crippen LogP contribution < -0.4 is 10.1 Å². The lowest BCUT2D eigenvalue weighted by Crippen LogP contribution is -2.25. The number of nitrogens with one attached hydrogen (secondary N) is 1. The number of thiophene rings is 1. The van der Waals surface area contributed by atoms with Crippen molar-refractivity contribution >= 4 is 28.3 Å². The number of rotatable bonds is 10. The van der Waals surface area contributed by atoms with Crippen LogP contribution in [0.5, 0.6) is 5.75 Å². The minimum Gasteiger partial charge on any atom is -0.494 e. The first-order valence-corrected chi connectivity index (χ1v) is 12.0. The molecule has 0 bridgehead atoms. The molecule has 0 saturated carbocycles. The number of aromatic nitrogens is 2. The average Bonchev–Trinajstić information content (AvgIpc) is 3.44. The standard InChI is InChI=1S/C26H29N3O2S/c1-19-11-12-21(18-20(19)2)31-16-6-5-15-29-23-9-4-3-8-22(23)28-25(29)13-14-27-26(30)24-10-7-17-32-24/h3-4,7-12,17-18H,5-6,13-16H2,1-2H3,(H,27,30). The number of nitrogens with zero attached hydrogens (tertiary/aromatic N) is 2. The zero-order valence-electron chi connectivity index (χ0n) is 18.6. The summed E-state index contributed by atoms with van der Waals surface area (Å²) in [5.74, 6) is 1.92. The van der Waals surface area contributed by atoms with Gasteiger partial charge in [0.05, 0.1) is 22.5 Å². The lowest BCUT2D eigenvalue weighted by Gasteiger charge is -2.11. The first kappa shape index (κ1) is 22.1. The van der Waals surface area contributed by atoms with E-state index in [0.717, 1.165) is 46.9 Å². The summed E-state index contributed by atoms with van der Waals surface area (Å²) in [5.41, 5.74) is 4.67. The number of aryl methyl sites for hydroxylation is 3. The molecule has 1 N–H and O–H groups in total. The number of ether oxygens (including phenoxy) is 1. The highest BCUT2D eigenvalue weighted by molar-refractivity contribution is 7.12. The molecule has 0 aliphatic rings. The molecule has 32 heavy (non-hydrogen) atoms. The van der Waals surface area contributed by atoms with E-state index in [2.05, 4.69) is 41.9 Å². The van der Waals surface area contributed by atoms with Crippen molar-refractivity contribution in [3.63, 3.8) is 0 Å². The molecule has 0 aliphatic heterocycles. The predicted molar refractivity (Wildman–Crippen MR) is 131 cm³/mol. The first-order chi connectivity index (χ1) is 15.6. The van der Waals surface area contributed by atoms with Crippen molar-refractivity contribution in [2.45, 2.75) is 39.7 Å². The second kappa shape index (κ2) is 10.5. The van der Waals surface area contributed by atoms with Gasteiger partial charge in [0.1, 0.15) is 11.6 Å². The number of carbonyl (C=O) groups is 1. The third-order valence-corrected chi connectivity index (χ3v) is 6.50. The SMILES string of the molecule is Cc1ccc(OCCCCn2c(CCNC(=O)c3cccs3)nc3ccccc32)cc1C. The van der Waals surface area contributed by atoms with Gasteiger partial charge in [-0.1, -0.05) is 24.3 Å². The van der Waals surface area contributed by atoms with Gasteiger partial charge >= 0.3 is 0 Å². The van der Waals surface area contributed by atoms with E-state index in [-0.39, 0.29) is 5.91 Å². The van der Waals surface area contributed by atoms with Gasteiger partial charge in [0.2, 0.25) is 0 Å². The Morgan fingerprint density at radius 3 is 2.75 bits per heavy atom. The van der Waals surface area contributed by atoms with Crippen molar-refractivity contribution < 1.29 is 9.53 Å². The molecule has 166 valence electrons. The molecule has 0 aliphatic carbocycles. The van der Waals surface area contributed by atoms with Crippen molar-refractivity contribution in [1.29, 1.82) is 0 Å². The second-order valence-corrected chi connectivity index (χ2v) is 8.90. The molecule has 1 amide bonds. The van der Waals surface area contributed by atoms with Crippen LogP contribution in [0.25, 0.3) is 11.0 Å². The molecule has 2 heterocycles. The van der Waals surface area contributed by atoms with Crippen LogP contribution in [0, 0.1) is 13.8 Å². The molecule has 0 fully saturated rings. The fourth-order valence-corrected chi connectivity index (χ4v) is 4.35. The highest BCUT2D eigenvalue weighted by Gasteiger charge is 2.11. The normalized spacial score (nSPS) is 11.1. The van der Waals surface area contributed by atoms with Crippen LogP contribution in [0.3, 0.4) is 0 Å². The number of benzene rings is 2. The fourth-order valence-electron chi connectivity index (χ4n) is 3.71. The van der Waals surface area contributed by atoms with Crippen LogP contribution in [0.1, 0.15) is 39.5 Å². The van der Waals surface area contributed by atoms with E-state index < -0.39 is 0 Å². The second-order valence-electron chi connectivity index (χ2n) is 7.95. The molecule has 4 aromatic rings. The first-order valence-electron chi connectivity index (χ1n) is 11.1. The summed E-state index contributed by atoms with van der Waals surface area (Å²) in [5, 5.41) is 4.92. The van der Waals surface area contributed by atoms with Gasteiger partial charge in [0, 0.05) is 19.5 Å². The molecule has 2 aromatic carbocycles. The van der Waals surface area contributed by atoms with E-state index in [1.165, 1.54) is 22.5 Å².